The summed E-state index contributed by atoms with van der Waals surface area (Å²) in [5.41, 5.74) is -0.155. The average Bonchev–Trinajstić information content (AvgIpc) is 2.38. The molecule has 0 atom stereocenters. The van der Waals surface area contributed by atoms with Crippen molar-refractivity contribution in [1.29, 1.82) is 0 Å². The lowest BCUT2D eigenvalue weighted by Crippen LogP contribution is -2.32. The summed E-state index contributed by atoms with van der Waals surface area (Å²) in [6.07, 6.45) is 5.79. The van der Waals surface area contributed by atoms with E-state index in [1.165, 1.54) is 16.4 Å². The molecule has 0 aliphatic heterocycles. The molecule has 1 aromatic carbocycles. The van der Waals surface area contributed by atoms with Gasteiger partial charge in [0.1, 0.15) is 0 Å². The highest BCUT2D eigenvalue weighted by Crippen LogP contribution is 2.19. The molecule has 0 heterocycles. The van der Waals surface area contributed by atoms with Crippen LogP contribution in [0, 0.1) is 22.5 Å². The summed E-state index contributed by atoms with van der Waals surface area (Å²) >= 11 is 0. The Hall–Kier alpha value is -1.91. The SMILES string of the molecule is C#CCN(CCC)S(=O)(=O)c1ccc([N+](=O)[O-])cc1. The van der Waals surface area contributed by atoms with E-state index in [0.29, 0.717) is 13.0 Å². The minimum Gasteiger partial charge on any atom is -0.258 e. The summed E-state index contributed by atoms with van der Waals surface area (Å²) in [4.78, 5) is 9.94. The zero-order valence-corrected chi connectivity index (χ0v) is 11.3. The van der Waals surface area contributed by atoms with Gasteiger partial charge in [-0.2, -0.15) is 4.31 Å². The Labute approximate surface area is 112 Å². The van der Waals surface area contributed by atoms with E-state index < -0.39 is 14.9 Å². The Morgan fingerprint density at radius 2 is 1.95 bits per heavy atom. The second kappa shape index (κ2) is 6.31. The average molecular weight is 282 g/mol. The monoisotopic (exact) mass is 282 g/mol. The van der Waals surface area contributed by atoms with E-state index in [2.05, 4.69) is 5.92 Å². The van der Waals surface area contributed by atoms with Gasteiger partial charge in [0.25, 0.3) is 5.69 Å². The Kier molecular flexibility index (Phi) is 5.03. The summed E-state index contributed by atoms with van der Waals surface area (Å²) in [6, 6.07) is 4.75. The lowest BCUT2D eigenvalue weighted by atomic mass is 10.3. The van der Waals surface area contributed by atoms with E-state index >= 15 is 0 Å². The molecule has 0 aliphatic rings. The van der Waals surface area contributed by atoms with Gasteiger partial charge in [0.05, 0.1) is 16.4 Å². The van der Waals surface area contributed by atoms with E-state index in [1.54, 1.807) is 0 Å². The number of rotatable bonds is 6. The quantitative estimate of drug-likeness (QED) is 0.451. The number of hydrogen-bond acceptors (Lipinski definition) is 4. The number of hydrogen-bond donors (Lipinski definition) is 0. The van der Waals surface area contributed by atoms with Crippen LogP contribution >= 0.6 is 0 Å². The van der Waals surface area contributed by atoms with Gasteiger partial charge in [0.2, 0.25) is 10.0 Å². The molecule has 0 aromatic heterocycles. The van der Waals surface area contributed by atoms with Crippen LogP contribution in [0.25, 0.3) is 0 Å². The molecule has 7 heteroatoms. The molecule has 0 radical (unpaired) electrons. The predicted molar refractivity (Wildman–Crippen MR) is 71.0 cm³/mol. The highest BCUT2D eigenvalue weighted by Gasteiger charge is 2.23. The van der Waals surface area contributed by atoms with E-state index in [-0.39, 0.29) is 17.1 Å². The van der Waals surface area contributed by atoms with Crippen LogP contribution in [0.15, 0.2) is 29.2 Å². The summed E-state index contributed by atoms with van der Waals surface area (Å²) in [5, 5.41) is 10.5. The Bertz CT molecular complexity index is 587. The number of nitro groups is 1. The fourth-order valence-corrected chi connectivity index (χ4v) is 2.97. The molecule has 0 bridgehead atoms. The Balaban J connectivity index is 3.11. The first-order chi connectivity index (χ1) is 8.93. The van der Waals surface area contributed by atoms with Crippen molar-refractivity contribution < 1.29 is 13.3 Å². The van der Waals surface area contributed by atoms with Gasteiger partial charge in [-0.15, -0.1) is 6.42 Å². The number of nitrogens with zero attached hydrogens (tertiary/aromatic N) is 2. The van der Waals surface area contributed by atoms with Crippen LogP contribution < -0.4 is 0 Å². The van der Waals surface area contributed by atoms with Crippen molar-refractivity contribution in [2.75, 3.05) is 13.1 Å². The third-order valence-corrected chi connectivity index (χ3v) is 4.29. The molecule has 0 unspecified atom stereocenters. The van der Waals surface area contributed by atoms with Crippen molar-refractivity contribution in [1.82, 2.24) is 4.31 Å². The van der Waals surface area contributed by atoms with Crippen LogP contribution in [-0.2, 0) is 10.0 Å². The minimum absolute atomic E-state index is 0.00167. The number of nitro benzene ring substituents is 1. The van der Waals surface area contributed by atoms with E-state index in [9.17, 15) is 18.5 Å². The molecule has 0 aliphatic carbocycles. The highest BCUT2D eigenvalue weighted by atomic mass is 32.2. The van der Waals surface area contributed by atoms with Crippen molar-refractivity contribution >= 4 is 15.7 Å². The molecular weight excluding hydrogens is 268 g/mol. The summed E-state index contributed by atoms with van der Waals surface area (Å²) < 4.78 is 25.7. The number of non-ortho nitro benzene ring substituents is 1. The summed E-state index contributed by atoms with van der Waals surface area (Å²) in [7, 11) is -3.70. The predicted octanol–water partition coefficient (Wildman–Crippen LogP) is 1.63. The van der Waals surface area contributed by atoms with Gasteiger partial charge in [-0.1, -0.05) is 12.8 Å². The largest absolute Gasteiger partial charge is 0.269 e. The number of terminal acetylenes is 1. The normalized spacial score (nSPS) is 11.2. The number of benzene rings is 1. The lowest BCUT2D eigenvalue weighted by Gasteiger charge is -2.18. The van der Waals surface area contributed by atoms with Gasteiger partial charge in [0, 0.05) is 18.7 Å². The Morgan fingerprint density at radius 3 is 2.37 bits per heavy atom. The minimum atomic E-state index is -3.70. The van der Waals surface area contributed by atoms with Crippen LogP contribution in [0.3, 0.4) is 0 Å². The summed E-state index contributed by atoms with van der Waals surface area (Å²) in [6.45, 7) is 2.13. The van der Waals surface area contributed by atoms with Crippen molar-refractivity contribution in [3.05, 3.63) is 34.4 Å². The van der Waals surface area contributed by atoms with Crippen LogP contribution in [0.1, 0.15) is 13.3 Å². The van der Waals surface area contributed by atoms with Gasteiger partial charge in [-0.25, -0.2) is 8.42 Å². The fraction of sp³-hybridized carbons (Fsp3) is 0.333. The molecule has 0 amide bonds. The smallest absolute Gasteiger partial charge is 0.258 e. The van der Waals surface area contributed by atoms with Crippen molar-refractivity contribution in [2.45, 2.75) is 18.2 Å². The van der Waals surface area contributed by atoms with Gasteiger partial charge in [-0.3, -0.25) is 10.1 Å². The summed E-state index contributed by atoms with van der Waals surface area (Å²) in [5.74, 6) is 2.30. The van der Waals surface area contributed by atoms with Crippen LogP contribution in [0.5, 0.6) is 0 Å². The topological polar surface area (TPSA) is 80.5 Å². The molecule has 0 N–H and O–H groups in total. The second-order valence-electron chi connectivity index (χ2n) is 3.79. The number of sulfonamides is 1. The Morgan fingerprint density at radius 1 is 1.37 bits per heavy atom. The zero-order chi connectivity index (χ0) is 14.5. The molecule has 1 rings (SSSR count). The van der Waals surface area contributed by atoms with Gasteiger partial charge in [0.15, 0.2) is 0 Å². The van der Waals surface area contributed by atoms with Gasteiger partial charge >= 0.3 is 0 Å². The molecule has 0 saturated carbocycles. The molecule has 1 aromatic rings. The fourth-order valence-electron chi connectivity index (χ4n) is 1.52. The van der Waals surface area contributed by atoms with Gasteiger partial charge < -0.3 is 0 Å². The third-order valence-electron chi connectivity index (χ3n) is 2.43. The molecule has 6 nitrogen and oxygen atoms in total. The first-order valence-corrected chi connectivity index (χ1v) is 7.05. The molecule has 0 spiro atoms. The van der Waals surface area contributed by atoms with Crippen LogP contribution in [0.4, 0.5) is 5.69 Å². The van der Waals surface area contributed by atoms with Gasteiger partial charge in [-0.05, 0) is 18.6 Å². The van der Waals surface area contributed by atoms with Crippen molar-refractivity contribution in [3.8, 4) is 12.3 Å². The molecular formula is C12H14N2O4S. The first kappa shape index (κ1) is 15.1. The maximum Gasteiger partial charge on any atom is 0.269 e. The van der Waals surface area contributed by atoms with E-state index in [0.717, 1.165) is 12.1 Å². The first-order valence-electron chi connectivity index (χ1n) is 5.61. The zero-order valence-electron chi connectivity index (χ0n) is 10.4. The van der Waals surface area contributed by atoms with Crippen LogP contribution in [0.2, 0.25) is 0 Å². The van der Waals surface area contributed by atoms with Crippen molar-refractivity contribution in [2.24, 2.45) is 0 Å². The van der Waals surface area contributed by atoms with Crippen molar-refractivity contribution in [3.63, 3.8) is 0 Å². The second-order valence-corrected chi connectivity index (χ2v) is 5.73. The molecule has 0 fully saturated rings. The molecule has 19 heavy (non-hydrogen) atoms. The third kappa shape index (κ3) is 3.53. The highest BCUT2D eigenvalue weighted by molar-refractivity contribution is 7.89. The standard InChI is InChI=1S/C12H14N2O4S/c1-3-9-13(10-4-2)19(17,18)12-7-5-11(6-8-12)14(15)16/h1,5-8H,4,9-10H2,2H3. The van der Waals surface area contributed by atoms with E-state index in [4.69, 9.17) is 6.42 Å². The molecule has 102 valence electrons. The van der Waals surface area contributed by atoms with E-state index in [1.807, 2.05) is 6.92 Å². The maximum absolute atomic E-state index is 12.3. The maximum atomic E-state index is 12.3. The molecule has 0 saturated heterocycles. The lowest BCUT2D eigenvalue weighted by molar-refractivity contribution is -0.384. The van der Waals surface area contributed by atoms with Crippen LogP contribution in [-0.4, -0.2) is 30.7 Å².